The van der Waals surface area contributed by atoms with Crippen LogP contribution in [0.2, 0.25) is 0 Å². The van der Waals surface area contributed by atoms with Gasteiger partial charge >= 0.3 is 0 Å². The maximum atomic E-state index is 10.3. The number of nitrogens with zero attached hydrogens (tertiary/aromatic N) is 1. The molecule has 24 heavy (non-hydrogen) atoms. The van der Waals surface area contributed by atoms with Gasteiger partial charge in [-0.25, -0.2) is 4.98 Å². The van der Waals surface area contributed by atoms with Gasteiger partial charge in [0.2, 0.25) is 0 Å². The van der Waals surface area contributed by atoms with Crippen molar-refractivity contribution in [1.29, 1.82) is 0 Å². The van der Waals surface area contributed by atoms with E-state index in [9.17, 15) is 5.11 Å². The SMILES string of the molecule is Cc1ccc(-c2ncc(CNC3c4ccccc4CC3O)s2)cc1. The largest absolute Gasteiger partial charge is 0.391 e. The second-order valence-corrected chi connectivity index (χ2v) is 7.44. The quantitative estimate of drug-likeness (QED) is 0.760. The molecule has 2 unspecified atom stereocenters. The van der Waals surface area contributed by atoms with Gasteiger partial charge in [-0.1, -0.05) is 54.1 Å². The van der Waals surface area contributed by atoms with Crippen LogP contribution in [-0.4, -0.2) is 16.2 Å². The fourth-order valence-corrected chi connectivity index (χ4v) is 4.12. The lowest BCUT2D eigenvalue weighted by Crippen LogP contribution is -2.28. The van der Waals surface area contributed by atoms with Gasteiger partial charge in [0.25, 0.3) is 0 Å². The standard InChI is InChI=1S/C20H20N2OS/c1-13-6-8-14(9-7-13)20-22-12-16(24-20)11-21-19-17-5-3-2-4-15(17)10-18(19)23/h2-9,12,18-19,21,23H,10-11H2,1H3. The number of aryl methyl sites for hydroxylation is 1. The molecule has 4 rings (SSSR count). The van der Waals surface area contributed by atoms with Crippen LogP contribution in [0.15, 0.2) is 54.7 Å². The molecule has 0 saturated carbocycles. The van der Waals surface area contributed by atoms with Crippen molar-refractivity contribution in [3.8, 4) is 10.6 Å². The van der Waals surface area contributed by atoms with Gasteiger partial charge in [-0.05, 0) is 18.1 Å². The minimum atomic E-state index is -0.355. The normalized spacial score (nSPS) is 19.4. The molecule has 0 spiro atoms. The van der Waals surface area contributed by atoms with Crippen molar-refractivity contribution < 1.29 is 5.11 Å². The number of hydrogen-bond donors (Lipinski definition) is 2. The summed E-state index contributed by atoms with van der Waals surface area (Å²) in [6.07, 6.45) is 2.30. The monoisotopic (exact) mass is 336 g/mol. The number of nitrogens with one attached hydrogen (secondary N) is 1. The summed E-state index contributed by atoms with van der Waals surface area (Å²) in [5, 5.41) is 14.9. The van der Waals surface area contributed by atoms with Gasteiger partial charge in [0, 0.05) is 29.6 Å². The zero-order chi connectivity index (χ0) is 16.5. The van der Waals surface area contributed by atoms with Crippen molar-refractivity contribution in [2.45, 2.75) is 32.0 Å². The van der Waals surface area contributed by atoms with E-state index in [2.05, 4.69) is 53.6 Å². The van der Waals surface area contributed by atoms with Crippen molar-refractivity contribution in [2.75, 3.05) is 0 Å². The average molecular weight is 336 g/mol. The third-order valence-corrected chi connectivity index (χ3v) is 5.60. The average Bonchev–Trinajstić information content (AvgIpc) is 3.17. The Hall–Kier alpha value is -2.01. The zero-order valence-corrected chi connectivity index (χ0v) is 14.4. The van der Waals surface area contributed by atoms with Crippen LogP contribution in [0.1, 0.15) is 27.6 Å². The van der Waals surface area contributed by atoms with E-state index in [0.29, 0.717) is 0 Å². The Morgan fingerprint density at radius 2 is 1.96 bits per heavy atom. The van der Waals surface area contributed by atoms with E-state index in [0.717, 1.165) is 23.5 Å². The Morgan fingerprint density at radius 3 is 2.79 bits per heavy atom. The Kier molecular flexibility index (Phi) is 4.19. The number of aliphatic hydroxyl groups excluding tert-OH is 1. The first-order valence-corrected chi connectivity index (χ1v) is 9.03. The molecule has 3 nitrogen and oxygen atoms in total. The van der Waals surface area contributed by atoms with Crippen LogP contribution in [0.5, 0.6) is 0 Å². The van der Waals surface area contributed by atoms with E-state index in [1.165, 1.54) is 21.6 Å². The number of aromatic nitrogens is 1. The first kappa shape index (κ1) is 15.5. The van der Waals surface area contributed by atoms with E-state index in [4.69, 9.17) is 0 Å². The maximum Gasteiger partial charge on any atom is 0.123 e. The lowest BCUT2D eigenvalue weighted by molar-refractivity contribution is 0.141. The molecule has 0 amide bonds. The molecule has 0 radical (unpaired) electrons. The Morgan fingerprint density at radius 1 is 1.17 bits per heavy atom. The Balaban J connectivity index is 1.46. The maximum absolute atomic E-state index is 10.3. The summed E-state index contributed by atoms with van der Waals surface area (Å²) >= 11 is 1.70. The molecule has 1 heterocycles. The van der Waals surface area contributed by atoms with Gasteiger partial charge in [-0.2, -0.15) is 0 Å². The number of thiazole rings is 1. The van der Waals surface area contributed by atoms with Crippen LogP contribution < -0.4 is 5.32 Å². The molecule has 4 heteroatoms. The minimum absolute atomic E-state index is 0.00567. The Labute approximate surface area is 146 Å². The molecule has 2 atom stereocenters. The van der Waals surface area contributed by atoms with Gasteiger partial charge < -0.3 is 10.4 Å². The first-order chi connectivity index (χ1) is 11.7. The van der Waals surface area contributed by atoms with Crippen molar-refractivity contribution in [2.24, 2.45) is 0 Å². The van der Waals surface area contributed by atoms with Crippen LogP contribution in [0.4, 0.5) is 0 Å². The third kappa shape index (κ3) is 3.00. The third-order valence-electron chi connectivity index (χ3n) is 4.55. The van der Waals surface area contributed by atoms with Crippen LogP contribution in [-0.2, 0) is 13.0 Å². The lowest BCUT2D eigenvalue weighted by Gasteiger charge is -2.17. The molecule has 2 aromatic carbocycles. The summed E-state index contributed by atoms with van der Waals surface area (Å²) in [6, 6.07) is 16.7. The highest BCUT2D eigenvalue weighted by molar-refractivity contribution is 7.15. The predicted molar refractivity (Wildman–Crippen MR) is 98.0 cm³/mol. The summed E-state index contributed by atoms with van der Waals surface area (Å²) in [5.74, 6) is 0. The van der Waals surface area contributed by atoms with Crippen molar-refractivity contribution in [1.82, 2.24) is 10.3 Å². The topological polar surface area (TPSA) is 45.2 Å². The van der Waals surface area contributed by atoms with Crippen LogP contribution in [0, 0.1) is 6.92 Å². The van der Waals surface area contributed by atoms with Gasteiger partial charge in [0.05, 0.1) is 12.1 Å². The van der Waals surface area contributed by atoms with Crippen molar-refractivity contribution >= 4 is 11.3 Å². The van der Waals surface area contributed by atoms with E-state index in [1.807, 2.05) is 18.3 Å². The first-order valence-electron chi connectivity index (χ1n) is 8.22. The summed E-state index contributed by atoms with van der Waals surface area (Å²) in [5.41, 5.74) is 4.87. The number of aliphatic hydroxyl groups is 1. The molecular weight excluding hydrogens is 316 g/mol. The van der Waals surface area contributed by atoms with Gasteiger partial charge in [0.1, 0.15) is 5.01 Å². The van der Waals surface area contributed by atoms with Crippen LogP contribution >= 0.6 is 11.3 Å². The molecule has 1 aliphatic carbocycles. The molecular formula is C20H20N2OS. The van der Waals surface area contributed by atoms with Gasteiger partial charge in [-0.3, -0.25) is 0 Å². The van der Waals surface area contributed by atoms with Crippen LogP contribution in [0.3, 0.4) is 0 Å². The molecule has 3 aromatic rings. The molecule has 122 valence electrons. The zero-order valence-electron chi connectivity index (χ0n) is 13.6. The number of fused-ring (bicyclic) bond motifs is 1. The molecule has 1 aliphatic rings. The van der Waals surface area contributed by atoms with Gasteiger partial charge in [0.15, 0.2) is 0 Å². The fourth-order valence-electron chi connectivity index (χ4n) is 3.25. The smallest absolute Gasteiger partial charge is 0.123 e. The number of benzene rings is 2. The summed E-state index contributed by atoms with van der Waals surface area (Å²) in [6.45, 7) is 2.81. The van der Waals surface area contributed by atoms with Crippen molar-refractivity contribution in [3.05, 3.63) is 76.3 Å². The van der Waals surface area contributed by atoms with E-state index < -0.39 is 0 Å². The molecule has 2 N–H and O–H groups in total. The second kappa shape index (κ2) is 6.48. The van der Waals surface area contributed by atoms with E-state index >= 15 is 0 Å². The molecule has 0 saturated heterocycles. The molecule has 0 bridgehead atoms. The number of rotatable bonds is 4. The number of hydrogen-bond acceptors (Lipinski definition) is 4. The Bertz CT molecular complexity index is 841. The van der Waals surface area contributed by atoms with Gasteiger partial charge in [-0.15, -0.1) is 11.3 Å². The highest BCUT2D eigenvalue weighted by Gasteiger charge is 2.30. The molecule has 0 fully saturated rings. The predicted octanol–water partition coefficient (Wildman–Crippen LogP) is 3.87. The molecule has 1 aromatic heterocycles. The minimum Gasteiger partial charge on any atom is -0.391 e. The van der Waals surface area contributed by atoms with Crippen LogP contribution in [0.25, 0.3) is 10.6 Å². The summed E-state index contributed by atoms with van der Waals surface area (Å²) < 4.78 is 0. The second-order valence-electron chi connectivity index (χ2n) is 6.33. The summed E-state index contributed by atoms with van der Waals surface area (Å²) in [4.78, 5) is 5.72. The van der Waals surface area contributed by atoms with E-state index in [-0.39, 0.29) is 12.1 Å². The van der Waals surface area contributed by atoms with E-state index in [1.54, 1.807) is 11.3 Å². The molecule has 0 aliphatic heterocycles. The highest BCUT2D eigenvalue weighted by Crippen LogP contribution is 2.32. The highest BCUT2D eigenvalue weighted by atomic mass is 32.1. The lowest BCUT2D eigenvalue weighted by atomic mass is 10.1. The summed E-state index contributed by atoms with van der Waals surface area (Å²) in [7, 11) is 0. The van der Waals surface area contributed by atoms with Crippen molar-refractivity contribution in [3.63, 3.8) is 0 Å². The fraction of sp³-hybridized carbons (Fsp3) is 0.250.